The molecule has 0 fully saturated rings. The van der Waals surface area contributed by atoms with E-state index in [0.717, 1.165) is 17.3 Å². The van der Waals surface area contributed by atoms with Crippen molar-refractivity contribution in [2.45, 2.75) is 58.3 Å². The van der Waals surface area contributed by atoms with E-state index in [-0.39, 0.29) is 20.3 Å². The van der Waals surface area contributed by atoms with Crippen LogP contribution in [0.25, 0.3) is 0 Å². The van der Waals surface area contributed by atoms with Crippen molar-refractivity contribution in [3.8, 4) is 0 Å². The number of unbranched alkanes of at least 4 members (excludes halogenated alkanes) is 3. The molecular formula is C19H30ClO3PSe. The number of rotatable bonds is 13. The molecule has 142 valence electrons. The van der Waals surface area contributed by atoms with Crippen molar-refractivity contribution in [3.63, 3.8) is 0 Å². The summed E-state index contributed by atoms with van der Waals surface area (Å²) < 4.78 is 26.0. The van der Waals surface area contributed by atoms with Gasteiger partial charge in [-0.2, -0.15) is 0 Å². The molecule has 1 aromatic rings. The van der Waals surface area contributed by atoms with E-state index in [2.05, 4.69) is 19.1 Å². The molecule has 25 heavy (non-hydrogen) atoms. The van der Waals surface area contributed by atoms with Crippen LogP contribution in [0.4, 0.5) is 0 Å². The Balaban J connectivity index is 2.95. The average Bonchev–Trinajstić information content (AvgIpc) is 2.59. The van der Waals surface area contributed by atoms with Gasteiger partial charge in [0.2, 0.25) is 0 Å². The van der Waals surface area contributed by atoms with Gasteiger partial charge >= 0.3 is 164 Å². The van der Waals surface area contributed by atoms with Gasteiger partial charge in [0.15, 0.2) is 0 Å². The van der Waals surface area contributed by atoms with Crippen LogP contribution in [0.15, 0.2) is 40.6 Å². The quantitative estimate of drug-likeness (QED) is 0.167. The number of halogens is 1. The topological polar surface area (TPSA) is 35.5 Å². The van der Waals surface area contributed by atoms with E-state index in [1.807, 2.05) is 32.0 Å². The van der Waals surface area contributed by atoms with Crippen molar-refractivity contribution in [2.75, 3.05) is 13.2 Å². The molecule has 1 aromatic carbocycles. The standard InChI is InChI=1S/C19H30ClO3PSe/c1-4-7-8-12-15-18(20)19(25-17-13-10-9-11-14-17)16-24(21,22-5-2)23-6-3/h9-11,13-14,16,18H,4-8,12,15H2,1-3H3/b19-16-. The number of hydrogen-bond donors (Lipinski definition) is 0. The zero-order valence-electron chi connectivity index (χ0n) is 15.4. The third kappa shape index (κ3) is 9.42. The van der Waals surface area contributed by atoms with Gasteiger partial charge in [0.25, 0.3) is 0 Å². The van der Waals surface area contributed by atoms with Gasteiger partial charge in [0, 0.05) is 0 Å². The van der Waals surface area contributed by atoms with Crippen molar-refractivity contribution in [3.05, 3.63) is 40.6 Å². The van der Waals surface area contributed by atoms with Gasteiger partial charge in [0.05, 0.1) is 0 Å². The summed E-state index contributed by atoms with van der Waals surface area (Å²) in [6.45, 7) is 6.54. The molecule has 0 saturated heterocycles. The molecule has 0 heterocycles. The molecule has 0 bridgehead atoms. The summed E-state index contributed by atoms with van der Waals surface area (Å²) in [4.78, 5) is 0. The Morgan fingerprint density at radius 2 is 1.76 bits per heavy atom. The van der Waals surface area contributed by atoms with Gasteiger partial charge in [-0.25, -0.2) is 0 Å². The number of benzene rings is 1. The van der Waals surface area contributed by atoms with Crippen LogP contribution in [0.1, 0.15) is 52.9 Å². The van der Waals surface area contributed by atoms with E-state index in [0.29, 0.717) is 13.2 Å². The van der Waals surface area contributed by atoms with E-state index in [1.165, 1.54) is 23.7 Å². The fraction of sp³-hybridized carbons (Fsp3) is 0.579. The summed E-state index contributed by atoms with van der Waals surface area (Å²) in [6.07, 6.45) is 5.58. The summed E-state index contributed by atoms with van der Waals surface area (Å²) in [5.74, 6) is 1.69. The molecule has 0 N–H and O–H groups in total. The molecule has 0 amide bonds. The minimum absolute atomic E-state index is 0.00228. The molecule has 0 aliphatic heterocycles. The van der Waals surface area contributed by atoms with Crippen LogP contribution in [0.2, 0.25) is 0 Å². The molecule has 0 saturated carbocycles. The molecule has 1 rings (SSSR count). The van der Waals surface area contributed by atoms with Crippen molar-refractivity contribution < 1.29 is 13.6 Å². The Bertz CT molecular complexity index is 541. The third-order valence-corrected chi connectivity index (χ3v) is 8.88. The maximum absolute atomic E-state index is 12.9. The number of alkyl halides is 1. The van der Waals surface area contributed by atoms with Crippen LogP contribution in [0, 0.1) is 0 Å². The molecule has 1 atom stereocenters. The van der Waals surface area contributed by atoms with E-state index >= 15 is 0 Å². The number of hydrogen-bond acceptors (Lipinski definition) is 3. The molecule has 0 aliphatic carbocycles. The summed E-state index contributed by atoms with van der Waals surface area (Å²) >= 11 is 6.70. The number of allylic oxidation sites excluding steroid dienone is 1. The maximum atomic E-state index is 12.9. The summed E-state index contributed by atoms with van der Waals surface area (Å²) in [7, 11) is -3.24. The van der Waals surface area contributed by atoms with Crippen molar-refractivity contribution in [2.24, 2.45) is 0 Å². The van der Waals surface area contributed by atoms with Gasteiger partial charge < -0.3 is 0 Å². The van der Waals surface area contributed by atoms with Crippen LogP contribution in [0.5, 0.6) is 0 Å². The van der Waals surface area contributed by atoms with Crippen molar-refractivity contribution in [1.82, 2.24) is 0 Å². The minimum atomic E-state index is -3.24. The van der Waals surface area contributed by atoms with Gasteiger partial charge in [-0.05, 0) is 0 Å². The fourth-order valence-electron chi connectivity index (χ4n) is 2.32. The molecule has 0 aliphatic rings. The van der Waals surface area contributed by atoms with Crippen LogP contribution < -0.4 is 4.46 Å². The average molecular weight is 452 g/mol. The zero-order chi connectivity index (χ0) is 18.5. The van der Waals surface area contributed by atoms with Gasteiger partial charge in [0.1, 0.15) is 0 Å². The van der Waals surface area contributed by atoms with E-state index in [9.17, 15) is 4.57 Å². The first-order valence-electron chi connectivity index (χ1n) is 9.03. The van der Waals surface area contributed by atoms with Crippen LogP contribution in [0.3, 0.4) is 0 Å². The van der Waals surface area contributed by atoms with E-state index < -0.39 is 7.60 Å². The molecule has 3 nitrogen and oxygen atoms in total. The second-order valence-corrected chi connectivity index (χ2v) is 10.4. The molecule has 0 radical (unpaired) electrons. The first-order chi connectivity index (χ1) is 12.0. The second kappa shape index (κ2) is 13.1. The normalized spacial score (nSPS) is 13.8. The molecule has 0 spiro atoms. The van der Waals surface area contributed by atoms with E-state index in [1.54, 1.807) is 5.82 Å². The first kappa shape index (κ1) is 23.0. The zero-order valence-corrected chi connectivity index (χ0v) is 18.8. The monoisotopic (exact) mass is 452 g/mol. The molecular weight excluding hydrogens is 422 g/mol. The summed E-state index contributed by atoms with van der Waals surface area (Å²) in [5.41, 5.74) is 0. The van der Waals surface area contributed by atoms with Gasteiger partial charge in [-0.1, -0.05) is 0 Å². The van der Waals surface area contributed by atoms with Crippen molar-refractivity contribution in [1.29, 1.82) is 0 Å². The SMILES string of the molecule is CCCCCCC(Cl)/C(=C/P(=O)(OCC)OCC)[Se]c1ccccc1. The summed E-state index contributed by atoms with van der Waals surface area (Å²) in [5, 5.41) is -0.133. The first-order valence-corrected chi connectivity index (χ1v) is 12.8. The Morgan fingerprint density at radius 1 is 1.12 bits per heavy atom. The molecule has 1 unspecified atom stereocenters. The van der Waals surface area contributed by atoms with Crippen molar-refractivity contribution >= 4 is 38.6 Å². The summed E-state index contributed by atoms with van der Waals surface area (Å²) in [6, 6.07) is 10.2. The van der Waals surface area contributed by atoms with Crippen LogP contribution >= 0.6 is 19.2 Å². The fourth-order valence-corrected chi connectivity index (χ4v) is 7.19. The Labute approximate surface area is 164 Å². The van der Waals surface area contributed by atoms with Crippen LogP contribution in [-0.2, 0) is 13.6 Å². The predicted octanol–water partition coefficient (Wildman–Crippen LogP) is 5.70. The second-order valence-electron chi connectivity index (χ2n) is 5.64. The van der Waals surface area contributed by atoms with Crippen LogP contribution in [-0.4, -0.2) is 33.5 Å². The Morgan fingerprint density at radius 3 is 2.32 bits per heavy atom. The molecule has 6 heteroatoms. The third-order valence-electron chi connectivity index (χ3n) is 3.50. The van der Waals surface area contributed by atoms with E-state index in [4.69, 9.17) is 20.6 Å². The molecule has 0 aromatic heterocycles. The predicted molar refractivity (Wildman–Crippen MR) is 109 cm³/mol. The van der Waals surface area contributed by atoms with Gasteiger partial charge in [-0.15, -0.1) is 0 Å². The Hall–Kier alpha value is -0.0805. The van der Waals surface area contributed by atoms with Gasteiger partial charge in [-0.3, -0.25) is 0 Å². The Kier molecular flexibility index (Phi) is 12.1.